The van der Waals surface area contributed by atoms with Crippen LogP contribution in [0.1, 0.15) is 0 Å². The molecule has 0 unspecified atom stereocenters. The molecule has 3 rings (SSSR count). The molecule has 0 aliphatic carbocycles. The third-order valence-corrected chi connectivity index (χ3v) is 3.27. The third-order valence-electron chi connectivity index (χ3n) is 3.27. The molecule has 0 fully saturated rings. The lowest BCUT2D eigenvalue weighted by Crippen LogP contribution is -1.95. The topological polar surface area (TPSA) is 125 Å². The standard InChI is InChI=1S/C15H9N5O4/c21-19(22)12-5-1-10(2-6-12)14-9-16-15(18-17-14)11-3-7-13(8-4-11)20(23)24/h1-9H. The van der Waals surface area contributed by atoms with Gasteiger partial charge < -0.3 is 0 Å². The van der Waals surface area contributed by atoms with Gasteiger partial charge in [-0.2, -0.15) is 0 Å². The molecule has 0 aliphatic rings. The van der Waals surface area contributed by atoms with Crippen LogP contribution >= 0.6 is 0 Å². The molecule has 1 heterocycles. The first-order chi connectivity index (χ1) is 11.5. The Bertz CT molecular complexity index is 816. The lowest BCUT2D eigenvalue weighted by Gasteiger charge is -2.02. The van der Waals surface area contributed by atoms with E-state index in [0.717, 1.165) is 0 Å². The van der Waals surface area contributed by atoms with Crippen molar-refractivity contribution in [2.24, 2.45) is 0 Å². The molecule has 0 saturated heterocycles. The van der Waals surface area contributed by atoms with E-state index in [1.165, 1.54) is 30.5 Å². The van der Waals surface area contributed by atoms with Crippen LogP contribution < -0.4 is 0 Å². The van der Waals surface area contributed by atoms with Crippen LogP contribution in [0.4, 0.5) is 11.4 Å². The van der Waals surface area contributed by atoms with E-state index < -0.39 is 9.85 Å². The molecule has 0 radical (unpaired) electrons. The highest BCUT2D eigenvalue weighted by Crippen LogP contribution is 2.22. The number of hydrogen-bond donors (Lipinski definition) is 0. The molecule has 3 aromatic rings. The van der Waals surface area contributed by atoms with Gasteiger partial charge in [-0.05, 0) is 24.3 Å². The van der Waals surface area contributed by atoms with Gasteiger partial charge in [-0.25, -0.2) is 4.98 Å². The number of nitro groups is 2. The first-order valence-corrected chi connectivity index (χ1v) is 6.74. The summed E-state index contributed by atoms with van der Waals surface area (Å²) >= 11 is 0. The molecule has 1 aromatic heterocycles. The summed E-state index contributed by atoms with van der Waals surface area (Å²) < 4.78 is 0. The van der Waals surface area contributed by atoms with Crippen LogP contribution in [0.15, 0.2) is 54.7 Å². The van der Waals surface area contributed by atoms with E-state index in [-0.39, 0.29) is 11.4 Å². The Kier molecular flexibility index (Phi) is 3.89. The number of nitrogens with zero attached hydrogens (tertiary/aromatic N) is 5. The number of rotatable bonds is 4. The lowest BCUT2D eigenvalue weighted by molar-refractivity contribution is -0.385. The molecule has 118 valence electrons. The van der Waals surface area contributed by atoms with Crippen LogP contribution in [0.3, 0.4) is 0 Å². The first kappa shape index (κ1) is 15.2. The Morgan fingerprint density at radius 1 is 0.708 bits per heavy atom. The van der Waals surface area contributed by atoms with Crippen LogP contribution in [0.25, 0.3) is 22.6 Å². The van der Waals surface area contributed by atoms with E-state index in [0.29, 0.717) is 22.6 Å². The summed E-state index contributed by atoms with van der Waals surface area (Å²) in [6, 6.07) is 11.7. The molecule has 0 amide bonds. The number of benzene rings is 2. The highest BCUT2D eigenvalue weighted by atomic mass is 16.6. The molecule has 0 saturated carbocycles. The third kappa shape index (κ3) is 3.04. The maximum Gasteiger partial charge on any atom is 0.269 e. The quantitative estimate of drug-likeness (QED) is 0.533. The van der Waals surface area contributed by atoms with Crippen molar-refractivity contribution in [1.82, 2.24) is 15.2 Å². The molecular weight excluding hydrogens is 314 g/mol. The van der Waals surface area contributed by atoms with Gasteiger partial charge in [0.25, 0.3) is 11.4 Å². The molecule has 0 aliphatic heterocycles. The fourth-order valence-corrected chi connectivity index (χ4v) is 2.03. The van der Waals surface area contributed by atoms with Gasteiger partial charge in [0.15, 0.2) is 5.82 Å². The second-order valence-electron chi connectivity index (χ2n) is 4.78. The summed E-state index contributed by atoms with van der Waals surface area (Å²) in [4.78, 5) is 24.5. The number of non-ortho nitro benzene ring substituents is 2. The Labute approximate surface area is 134 Å². The van der Waals surface area contributed by atoms with Crippen molar-refractivity contribution in [3.05, 3.63) is 75.0 Å². The fraction of sp³-hybridized carbons (Fsp3) is 0. The second kappa shape index (κ2) is 6.16. The molecule has 0 spiro atoms. The van der Waals surface area contributed by atoms with E-state index in [9.17, 15) is 20.2 Å². The largest absolute Gasteiger partial charge is 0.269 e. The van der Waals surface area contributed by atoms with Gasteiger partial charge in [-0.15, -0.1) is 10.2 Å². The van der Waals surface area contributed by atoms with Crippen molar-refractivity contribution in [2.75, 3.05) is 0 Å². The number of hydrogen-bond acceptors (Lipinski definition) is 7. The molecule has 0 atom stereocenters. The van der Waals surface area contributed by atoms with Gasteiger partial charge in [0.1, 0.15) is 5.69 Å². The zero-order chi connectivity index (χ0) is 17.1. The van der Waals surface area contributed by atoms with Crippen LogP contribution in [-0.4, -0.2) is 25.0 Å². The van der Waals surface area contributed by atoms with Crippen molar-refractivity contribution < 1.29 is 9.85 Å². The number of aromatic nitrogens is 3. The first-order valence-electron chi connectivity index (χ1n) is 6.74. The summed E-state index contributed by atoms with van der Waals surface area (Å²) in [7, 11) is 0. The number of nitro benzene ring substituents is 2. The van der Waals surface area contributed by atoms with Gasteiger partial charge in [0.05, 0.1) is 16.0 Å². The molecule has 0 N–H and O–H groups in total. The van der Waals surface area contributed by atoms with Gasteiger partial charge in [0.2, 0.25) is 0 Å². The Morgan fingerprint density at radius 3 is 1.62 bits per heavy atom. The zero-order valence-electron chi connectivity index (χ0n) is 12.1. The normalized spacial score (nSPS) is 10.3. The predicted octanol–water partition coefficient (Wildman–Crippen LogP) is 3.02. The van der Waals surface area contributed by atoms with Gasteiger partial charge in [-0.1, -0.05) is 0 Å². The van der Waals surface area contributed by atoms with Crippen molar-refractivity contribution in [3.63, 3.8) is 0 Å². The highest BCUT2D eigenvalue weighted by molar-refractivity contribution is 5.62. The Balaban J connectivity index is 1.84. The van der Waals surface area contributed by atoms with Gasteiger partial charge in [-0.3, -0.25) is 20.2 Å². The van der Waals surface area contributed by atoms with Crippen LogP contribution in [0.2, 0.25) is 0 Å². The molecule has 0 bridgehead atoms. The summed E-state index contributed by atoms with van der Waals surface area (Å²) in [6.07, 6.45) is 1.49. The molecule has 24 heavy (non-hydrogen) atoms. The van der Waals surface area contributed by atoms with Crippen LogP contribution in [0.5, 0.6) is 0 Å². The molecule has 9 heteroatoms. The van der Waals surface area contributed by atoms with Crippen LogP contribution in [0, 0.1) is 20.2 Å². The maximum atomic E-state index is 10.6. The predicted molar refractivity (Wildman–Crippen MR) is 84.0 cm³/mol. The van der Waals surface area contributed by atoms with E-state index in [1.54, 1.807) is 24.3 Å². The monoisotopic (exact) mass is 323 g/mol. The van der Waals surface area contributed by atoms with E-state index in [2.05, 4.69) is 15.2 Å². The summed E-state index contributed by atoms with van der Waals surface area (Å²) in [5, 5.41) is 29.3. The smallest absolute Gasteiger partial charge is 0.258 e. The minimum absolute atomic E-state index is 0.0119. The Hall–Kier alpha value is -3.75. The summed E-state index contributed by atoms with van der Waals surface area (Å²) in [5.74, 6) is 0.329. The SMILES string of the molecule is O=[N+]([O-])c1ccc(-c2cnc(-c3ccc([N+](=O)[O-])cc3)nn2)cc1. The molecule has 2 aromatic carbocycles. The fourth-order valence-electron chi connectivity index (χ4n) is 2.03. The van der Waals surface area contributed by atoms with Crippen molar-refractivity contribution in [1.29, 1.82) is 0 Å². The highest BCUT2D eigenvalue weighted by Gasteiger charge is 2.09. The maximum absolute atomic E-state index is 10.6. The van der Waals surface area contributed by atoms with Gasteiger partial charge in [0, 0.05) is 35.4 Å². The minimum Gasteiger partial charge on any atom is -0.258 e. The van der Waals surface area contributed by atoms with Crippen molar-refractivity contribution >= 4 is 11.4 Å². The van der Waals surface area contributed by atoms with E-state index in [1.807, 2.05) is 0 Å². The van der Waals surface area contributed by atoms with Crippen molar-refractivity contribution in [2.45, 2.75) is 0 Å². The molecular formula is C15H9N5O4. The zero-order valence-corrected chi connectivity index (χ0v) is 12.1. The summed E-state index contributed by atoms with van der Waals surface area (Å²) in [6.45, 7) is 0. The lowest BCUT2D eigenvalue weighted by atomic mass is 10.1. The Morgan fingerprint density at radius 2 is 1.21 bits per heavy atom. The van der Waals surface area contributed by atoms with E-state index >= 15 is 0 Å². The van der Waals surface area contributed by atoms with E-state index in [4.69, 9.17) is 0 Å². The average molecular weight is 323 g/mol. The average Bonchev–Trinajstić information content (AvgIpc) is 2.62. The minimum atomic E-state index is -0.486. The van der Waals surface area contributed by atoms with Gasteiger partial charge >= 0.3 is 0 Å². The van der Waals surface area contributed by atoms with Crippen LogP contribution in [-0.2, 0) is 0 Å². The summed E-state index contributed by atoms with van der Waals surface area (Å²) in [5.41, 5.74) is 1.69. The molecule has 9 nitrogen and oxygen atoms in total. The van der Waals surface area contributed by atoms with Crippen molar-refractivity contribution in [3.8, 4) is 22.6 Å². The second-order valence-corrected chi connectivity index (χ2v) is 4.78.